The van der Waals surface area contributed by atoms with Crippen LogP contribution in [0.1, 0.15) is 19.3 Å². The number of carbonyl (C=O) groups excluding carboxylic acids is 2. The first-order valence-electron chi connectivity index (χ1n) is 7.44. The number of hydrogen-bond donors (Lipinski definition) is 2. The van der Waals surface area contributed by atoms with Crippen molar-refractivity contribution >= 4 is 17.5 Å². The van der Waals surface area contributed by atoms with Gasteiger partial charge in [0, 0.05) is 19.2 Å². The monoisotopic (exact) mass is 289 g/mol. The topological polar surface area (TPSA) is 61.4 Å². The van der Waals surface area contributed by atoms with Crippen molar-refractivity contribution < 1.29 is 9.59 Å². The Hall–Kier alpha value is -1.88. The van der Waals surface area contributed by atoms with E-state index in [-0.39, 0.29) is 18.4 Å². The van der Waals surface area contributed by atoms with Gasteiger partial charge in [0.2, 0.25) is 11.8 Å². The highest BCUT2D eigenvalue weighted by Gasteiger charge is 2.18. The summed E-state index contributed by atoms with van der Waals surface area (Å²) in [6, 6.07) is 9.27. The summed E-state index contributed by atoms with van der Waals surface area (Å²) in [5.74, 6) is 0.463. The molecule has 114 valence electrons. The predicted octanol–water partition coefficient (Wildman–Crippen LogP) is 1.47. The van der Waals surface area contributed by atoms with E-state index in [4.69, 9.17) is 0 Å². The Kier molecular flexibility index (Phi) is 5.75. The number of nitrogens with one attached hydrogen (secondary N) is 2. The molecule has 21 heavy (non-hydrogen) atoms. The summed E-state index contributed by atoms with van der Waals surface area (Å²) in [6.07, 6.45) is 2.56. The maximum absolute atomic E-state index is 12.0. The van der Waals surface area contributed by atoms with Gasteiger partial charge >= 0.3 is 0 Å². The third-order valence-corrected chi connectivity index (χ3v) is 3.79. The second-order valence-corrected chi connectivity index (χ2v) is 5.56. The second-order valence-electron chi connectivity index (χ2n) is 5.56. The molecule has 1 heterocycles. The van der Waals surface area contributed by atoms with Crippen molar-refractivity contribution in [1.82, 2.24) is 10.2 Å². The summed E-state index contributed by atoms with van der Waals surface area (Å²) in [6.45, 7) is 2.15. The fourth-order valence-corrected chi connectivity index (χ4v) is 2.50. The molecule has 1 atom stereocenters. The maximum Gasteiger partial charge on any atom is 0.243 e. The van der Waals surface area contributed by atoms with Gasteiger partial charge < -0.3 is 15.5 Å². The third kappa shape index (κ3) is 5.19. The molecule has 2 rings (SSSR count). The Morgan fingerprint density at radius 3 is 2.76 bits per heavy atom. The molecule has 0 saturated carbocycles. The lowest BCUT2D eigenvalue weighted by Gasteiger charge is -2.17. The van der Waals surface area contributed by atoms with Crippen LogP contribution in [-0.4, -0.2) is 43.4 Å². The van der Waals surface area contributed by atoms with Gasteiger partial charge in [-0.2, -0.15) is 0 Å². The Labute approximate surface area is 125 Å². The first-order valence-corrected chi connectivity index (χ1v) is 7.44. The van der Waals surface area contributed by atoms with Gasteiger partial charge in [0.05, 0.1) is 6.54 Å². The molecule has 0 aromatic heterocycles. The highest BCUT2D eigenvalue weighted by atomic mass is 16.2. The molecule has 1 aromatic carbocycles. The fraction of sp³-hybridized carbons (Fsp3) is 0.500. The van der Waals surface area contributed by atoms with Crippen molar-refractivity contribution in [2.24, 2.45) is 5.92 Å². The lowest BCUT2D eigenvalue weighted by atomic mass is 10.0. The van der Waals surface area contributed by atoms with Crippen molar-refractivity contribution in [3.8, 4) is 0 Å². The van der Waals surface area contributed by atoms with E-state index in [1.54, 1.807) is 7.05 Å². The van der Waals surface area contributed by atoms with Gasteiger partial charge in [-0.05, 0) is 44.0 Å². The van der Waals surface area contributed by atoms with Crippen molar-refractivity contribution in [3.05, 3.63) is 30.3 Å². The van der Waals surface area contributed by atoms with Crippen LogP contribution in [0.3, 0.4) is 0 Å². The summed E-state index contributed by atoms with van der Waals surface area (Å²) in [4.78, 5) is 25.4. The maximum atomic E-state index is 12.0. The van der Waals surface area contributed by atoms with Gasteiger partial charge in [-0.3, -0.25) is 9.59 Å². The fourth-order valence-electron chi connectivity index (χ4n) is 2.50. The molecule has 0 aliphatic carbocycles. The molecule has 2 amide bonds. The molecule has 2 N–H and O–H groups in total. The van der Waals surface area contributed by atoms with Crippen molar-refractivity contribution in [3.63, 3.8) is 0 Å². The van der Waals surface area contributed by atoms with Crippen molar-refractivity contribution in [2.75, 3.05) is 32.0 Å². The van der Waals surface area contributed by atoms with Crippen LogP contribution in [-0.2, 0) is 9.59 Å². The molecule has 5 nitrogen and oxygen atoms in total. The molecule has 1 aromatic rings. The van der Waals surface area contributed by atoms with Crippen LogP contribution in [0.15, 0.2) is 30.3 Å². The minimum atomic E-state index is -0.167. The number of likely N-dealkylation sites (N-methyl/N-ethyl adjacent to an activating group) is 1. The molecular formula is C16H23N3O2. The SMILES string of the molecule is CN(CC(=O)Nc1ccccc1)C(=O)CCC1CCNC1. The molecule has 0 spiro atoms. The number of carbonyl (C=O) groups is 2. The van der Waals surface area contributed by atoms with E-state index in [9.17, 15) is 9.59 Å². The van der Waals surface area contributed by atoms with E-state index in [1.807, 2.05) is 30.3 Å². The van der Waals surface area contributed by atoms with E-state index in [0.29, 0.717) is 12.3 Å². The number of nitrogens with zero attached hydrogens (tertiary/aromatic N) is 1. The highest BCUT2D eigenvalue weighted by molar-refractivity contribution is 5.94. The normalized spacial score (nSPS) is 17.5. The Balaban J connectivity index is 1.70. The molecular weight excluding hydrogens is 266 g/mol. The Bertz CT molecular complexity index is 470. The predicted molar refractivity (Wildman–Crippen MR) is 82.9 cm³/mol. The summed E-state index contributed by atoms with van der Waals surface area (Å²) in [5, 5.41) is 6.08. The minimum Gasteiger partial charge on any atom is -0.336 e. The van der Waals surface area contributed by atoms with Gasteiger partial charge in [0.1, 0.15) is 0 Å². The molecule has 1 aliphatic heterocycles. The molecule has 0 radical (unpaired) electrons. The lowest BCUT2D eigenvalue weighted by molar-refractivity contribution is -0.133. The lowest BCUT2D eigenvalue weighted by Crippen LogP contribution is -2.35. The standard InChI is InChI=1S/C16H23N3O2/c1-19(16(21)8-7-13-9-10-17-11-13)12-15(20)18-14-5-3-2-4-6-14/h2-6,13,17H,7-12H2,1H3,(H,18,20). The number of hydrogen-bond acceptors (Lipinski definition) is 3. The van der Waals surface area contributed by atoms with Crippen LogP contribution in [0, 0.1) is 5.92 Å². The average molecular weight is 289 g/mol. The molecule has 1 fully saturated rings. The average Bonchev–Trinajstić information content (AvgIpc) is 2.98. The van der Waals surface area contributed by atoms with E-state index in [0.717, 1.165) is 31.6 Å². The summed E-state index contributed by atoms with van der Waals surface area (Å²) in [7, 11) is 1.68. The van der Waals surface area contributed by atoms with E-state index in [1.165, 1.54) is 4.90 Å². The highest BCUT2D eigenvalue weighted by Crippen LogP contribution is 2.15. The van der Waals surface area contributed by atoms with Crippen LogP contribution < -0.4 is 10.6 Å². The number of anilines is 1. The smallest absolute Gasteiger partial charge is 0.243 e. The van der Waals surface area contributed by atoms with Crippen LogP contribution in [0.2, 0.25) is 0 Å². The van der Waals surface area contributed by atoms with Gasteiger partial charge in [0.25, 0.3) is 0 Å². The van der Waals surface area contributed by atoms with Crippen LogP contribution >= 0.6 is 0 Å². The van der Waals surface area contributed by atoms with E-state index >= 15 is 0 Å². The zero-order valence-corrected chi connectivity index (χ0v) is 12.5. The first-order chi connectivity index (χ1) is 10.1. The van der Waals surface area contributed by atoms with Crippen LogP contribution in [0.5, 0.6) is 0 Å². The first kappa shape index (κ1) is 15.5. The van der Waals surface area contributed by atoms with E-state index in [2.05, 4.69) is 10.6 Å². The summed E-state index contributed by atoms with van der Waals surface area (Å²) in [5.41, 5.74) is 0.750. The van der Waals surface area contributed by atoms with Crippen LogP contribution in [0.25, 0.3) is 0 Å². The second kappa shape index (κ2) is 7.78. The molecule has 0 bridgehead atoms. The zero-order chi connectivity index (χ0) is 15.1. The van der Waals surface area contributed by atoms with Crippen molar-refractivity contribution in [2.45, 2.75) is 19.3 Å². The summed E-state index contributed by atoms with van der Waals surface area (Å²) >= 11 is 0. The number of para-hydroxylation sites is 1. The quantitative estimate of drug-likeness (QED) is 0.834. The Morgan fingerprint density at radius 1 is 1.33 bits per heavy atom. The largest absolute Gasteiger partial charge is 0.336 e. The molecule has 1 unspecified atom stereocenters. The van der Waals surface area contributed by atoms with Gasteiger partial charge in [-0.25, -0.2) is 0 Å². The van der Waals surface area contributed by atoms with E-state index < -0.39 is 0 Å². The van der Waals surface area contributed by atoms with Gasteiger partial charge in [-0.15, -0.1) is 0 Å². The zero-order valence-electron chi connectivity index (χ0n) is 12.5. The number of amides is 2. The molecule has 1 saturated heterocycles. The Morgan fingerprint density at radius 2 is 2.10 bits per heavy atom. The molecule has 5 heteroatoms. The van der Waals surface area contributed by atoms with Crippen LogP contribution in [0.4, 0.5) is 5.69 Å². The van der Waals surface area contributed by atoms with Crippen molar-refractivity contribution in [1.29, 1.82) is 0 Å². The minimum absolute atomic E-state index is 0.0325. The number of benzene rings is 1. The number of rotatable bonds is 6. The van der Waals surface area contributed by atoms with Gasteiger partial charge in [-0.1, -0.05) is 18.2 Å². The third-order valence-electron chi connectivity index (χ3n) is 3.79. The summed E-state index contributed by atoms with van der Waals surface area (Å²) < 4.78 is 0. The van der Waals surface area contributed by atoms with Gasteiger partial charge in [0.15, 0.2) is 0 Å². The molecule has 1 aliphatic rings.